The van der Waals surface area contributed by atoms with Crippen molar-refractivity contribution in [2.24, 2.45) is 0 Å². The van der Waals surface area contributed by atoms with Crippen molar-refractivity contribution < 1.29 is 0 Å². The summed E-state index contributed by atoms with van der Waals surface area (Å²) < 4.78 is 0. The van der Waals surface area contributed by atoms with Crippen LogP contribution in [0.1, 0.15) is 20.8 Å². The van der Waals surface area contributed by atoms with Gasteiger partial charge in [-0.1, -0.05) is 0 Å². The van der Waals surface area contributed by atoms with Gasteiger partial charge in [-0.3, -0.25) is 0 Å². The molecule has 0 aliphatic carbocycles. The summed E-state index contributed by atoms with van der Waals surface area (Å²) in [6.07, 6.45) is 0. The summed E-state index contributed by atoms with van der Waals surface area (Å²) in [6.45, 7) is 8.18. The van der Waals surface area contributed by atoms with Crippen molar-refractivity contribution in [3.63, 3.8) is 0 Å². The topological polar surface area (TPSA) is 3.24 Å². The summed E-state index contributed by atoms with van der Waals surface area (Å²) >= 11 is -0.779. The molecule has 0 fully saturated rings. The molecule has 10 heavy (non-hydrogen) atoms. The zero-order valence-corrected chi connectivity index (χ0v) is 10.3. The summed E-state index contributed by atoms with van der Waals surface area (Å²) in [5.74, 6) is 0. The van der Waals surface area contributed by atoms with Crippen LogP contribution in [0.3, 0.4) is 0 Å². The number of nitrogens with zero attached hydrogens (tertiary/aromatic N) is 1. The molecule has 0 saturated carbocycles. The Balaban J connectivity index is 3.41. The van der Waals surface area contributed by atoms with E-state index in [2.05, 4.69) is 32.7 Å². The Labute approximate surface area is 70.8 Å². The fourth-order valence-electron chi connectivity index (χ4n) is 1.12. The van der Waals surface area contributed by atoms with Crippen LogP contribution in [-0.2, 0) is 0 Å². The maximum absolute atomic E-state index is 2.47. The normalized spacial score (nSPS) is 10.5. The van der Waals surface area contributed by atoms with Crippen molar-refractivity contribution in [1.29, 1.82) is 0 Å². The molecule has 0 N–H and O–H groups in total. The Kier molecular flexibility index (Phi) is 6.69. The van der Waals surface area contributed by atoms with Gasteiger partial charge >= 0.3 is 70.5 Å². The van der Waals surface area contributed by atoms with E-state index in [1.165, 1.54) is 21.6 Å². The first-order chi connectivity index (χ1) is 4.74. The van der Waals surface area contributed by atoms with Crippen LogP contribution < -0.4 is 0 Å². The molecule has 0 atom stereocenters. The molecule has 1 nitrogen and oxygen atoms in total. The molecule has 0 heterocycles. The first-order valence-electron chi connectivity index (χ1n) is 4.43. The minimum absolute atomic E-state index is 0.779. The van der Waals surface area contributed by atoms with E-state index in [-0.39, 0.29) is 0 Å². The van der Waals surface area contributed by atoms with Gasteiger partial charge in [-0.25, -0.2) is 0 Å². The fraction of sp³-hybridized carbons (Fsp3) is 1.00. The van der Waals surface area contributed by atoms with Gasteiger partial charge in [-0.15, -0.1) is 0 Å². The Morgan fingerprint density at radius 3 is 1.90 bits per heavy atom. The number of rotatable bonds is 5. The van der Waals surface area contributed by atoms with Gasteiger partial charge in [0.2, 0.25) is 0 Å². The van der Waals surface area contributed by atoms with E-state index >= 15 is 0 Å². The SMILES string of the molecule is CCN(C)[CH2][Ga]([CH2]C)[CH2]C. The third-order valence-electron chi connectivity index (χ3n) is 2.26. The van der Waals surface area contributed by atoms with Crippen LogP contribution in [0, 0.1) is 0 Å². The van der Waals surface area contributed by atoms with E-state index in [4.69, 9.17) is 0 Å². The summed E-state index contributed by atoms with van der Waals surface area (Å²) in [5, 5.41) is 1.45. The average molecular weight is 200 g/mol. The van der Waals surface area contributed by atoms with Crippen molar-refractivity contribution >= 4 is 16.2 Å². The molecular weight excluding hydrogens is 180 g/mol. The molecule has 0 rings (SSSR count). The van der Waals surface area contributed by atoms with Gasteiger partial charge in [0.1, 0.15) is 0 Å². The molecule has 60 valence electrons. The molecule has 0 saturated heterocycles. The van der Waals surface area contributed by atoms with Crippen LogP contribution in [0.15, 0.2) is 0 Å². The quantitative estimate of drug-likeness (QED) is 0.613. The zero-order chi connectivity index (χ0) is 7.98. The van der Waals surface area contributed by atoms with E-state index in [0.717, 1.165) is 0 Å². The van der Waals surface area contributed by atoms with Gasteiger partial charge in [-0.2, -0.15) is 0 Å². The van der Waals surface area contributed by atoms with E-state index < -0.39 is 16.2 Å². The Morgan fingerprint density at radius 1 is 1.10 bits per heavy atom. The molecule has 0 bridgehead atoms. The second kappa shape index (κ2) is 6.32. The van der Waals surface area contributed by atoms with Crippen molar-refractivity contribution in [1.82, 2.24) is 4.90 Å². The predicted octanol–water partition coefficient (Wildman–Crippen LogP) is 2.01. The fourth-order valence-corrected chi connectivity index (χ4v) is 5.80. The van der Waals surface area contributed by atoms with Crippen LogP contribution in [0.25, 0.3) is 0 Å². The predicted molar refractivity (Wildman–Crippen MR) is 49.9 cm³/mol. The molecule has 0 aromatic rings. The Hall–Kier alpha value is 0.596. The van der Waals surface area contributed by atoms with Crippen LogP contribution in [0.2, 0.25) is 9.95 Å². The van der Waals surface area contributed by atoms with Gasteiger partial charge in [0.15, 0.2) is 0 Å². The third kappa shape index (κ3) is 4.42. The molecule has 0 aliphatic heterocycles. The van der Waals surface area contributed by atoms with Crippen molar-refractivity contribution in [3.05, 3.63) is 0 Å². The van der Waals surface area contributed by atoms with Crippen LogP contribution in [0.4, 0.5) is 0 Å². The summed E-state index contributed by atoms with van der Waals surface area (Å²) in [7, 11) is 2.24. The number of hydrogen-bond acceptors (Lipinski definition) is 1. The molecule has 2 heteroatoms. The molecular formula is C8H20GaN. The molecule has 0 spiro atoms. The van der Waals surface area contributed by atoms with Crippen LogP contribution in [0.5, 0.6) is 0 Å². The van der Waals surface area contributed by atoms with Gasteiger partial charge in [-0.05, 0) is 0 Å². The first kappa shape index (κ1) is 10.6. The molecule has 0 aliphatic rings. The second-order valence-corrected chi connectivity index (χ2v) is 10.9. The zero-order valence-electron chi connectivity index (χ0n) is 7.85. The standard InChI is InChI=1S/C4H10N.2C2H5.Ga/c1-4-5(2)3;2*1-2;/h2,4H2,1,3H3;2*1H2,2H3;. The van der Waals surface area contributed by atoms with Crippen molar-refractivity contribution in [2.75, 3.05) is 18.7 Å². The molecule has 0 aromatic carbocycles. The molecule has 0 amide bonds. The summed E-state index contributed by atoms with van der Waals surface area (Å²) in [5.41, 5.74) is 0. The van der Waals surface area contributed by atoms with Crippen LogP contribution >= 0.6 is 0 Å². The van der Waals surface area contributed by atoms with Gasteiger partial charge in [0, 0.05) is 0 Å². The van der Waals surface area contributed by atoms with Crippen molar-refractivity contribution in [3.8, 4) is 0 Å². The molecule has 0 unspecified atom stereocenters. The number of hydrogen-bond donors (Lipinski definition) is 0. The summed E-state index contributed by atoms with van der Waals surface area (Å²) in [6, 6.07) is 0. The summed E-state index contributed by atoms with van der Waals surface area (Å²) in [4.78, 5) is 5.49. The van der Waals surface area contributed by atoms with Crippen LogP contribution in [-0.4, -0.2) is 39.8 Å². The van der Waals surface area contributed by atoms with Gasteiger partial charge < -0.3 is 0 Å². The Bertz CT molecular complexity index is 71.7. The van der Waals surface area contributed by atoms with Gasteiger partial charge in [0.25, 0.3) is 0 Å². The van der Waals surface area contributed by atoms with E-state index in [1.54, 1.807) is 0 Å². The second-order valence-electron chi connectivity index (χ2n) is 3.04. The average Bonchev–Trinajstić information content (AvgIpc) is 1.99. The van der Waals surface area contributed by atoms with E-state index in [0.29, 0.717) is 0 Å². The van der Waals surface area contributed by atoms with Gasteiger partial charge in [0.05, 0.1) is 0 Å². The van der Waals surface area contributed by atoms with E-state index in [1.807, 2.05) is 0 Å². The van der Waals surface area contributed by atoms with Crippen molar-refractivity contribution in [2.45, 2.75) is 30.7 Å². The molecule has 0 radical (unpaired) electrons. The Morgan fingerprint density at radius 2 is 1.60 bits per heavy atom. The molecule has 0 aromatic heterocycles. The monoisotopic (exact) mass is 199 g/mol. The van der Waals surface area contributed by atoms with E-state index in [9.17, 15) is 0 Å². The minimum atomic E-state index is -0.779. The first-order valence-corrected chi connectivity index (χ1v) is 9.56. The third-order valence-corrected chi connectivity index (χ3v) is 9.50. The maximum atomic E-state index is 2.47.